The molecule has 0 N–H and O–H groups in total. The molecule has 0 saturated carbocycles. The van der Waals surface area contributed by atoms with Crippen molar-refractivity contribution in [2.45, 2.75) is 124 Å². The van der Waals surface area contributed by atoms with Crippen molar-refractivity contribution in [2.75, 3.05) is 19.6 Å². The Hall–Kier alpha value is -0.240. The summed E-state index contributed by atoms with van der Waals surface area (Å²) < 4.78 is 1.21. The first-order chi connectivity index (χ1) is 15.1. The van der Waals surface area contributed by atoms with Crippen LogP contribution in [0.2, 0.25) is 10.0 Å². The number of hydrogen-bond acceptors (Lipinski definition) is 0. The molecule has 0 heterocycles. The molecule has 1 aromatic rings. The summed E-state index contributed by atoms with van der Waals surface area (Å²) in [6.45, 7) is 11.9. The van der Waals surface area contributed by atoms with Gasteiger partial charge in [0.15, 0.2) is 0 Å². The van der Waals surface area contributed by atoms with Crippen LogP contribution in [0.25, 0.3) is 0 Å². The second-order valence-electron chi connectivity index (χ2n) is 9.65. The summed E-state index contributed by atoms with van der Waals surface area (Å²) in [5.74, 6) is 0. The summed E-state index contributed by atoms with van der Waals surface area (Å²) in [5.41, 5.74) is 1.28. The fourth-order valence-electron chi connectivity index (χ4n) is 4.74. The molecule has 0 aliphatic rings. The fourth-order valence-corrected chi connectivity index (χ4v) is 5.20. The lowest BCUT2D eigenvalue weighted by molar-refractivity contribution is -0.941. The monoisotopic (exact) mass is 470 g/mol. The number of nitrogens with zero attached hydrogens (tertiary/aromatic N) is 1. The minimum absolute atomic E-state index is 0.741. The average Bonchev–Trinajstić information content (AvgIpc) is 2.75. The van der Waals surface area contributed by atoms with Crippen LogP contribution in [-0.4, -0.2) is 24.1 Å². The van der Waals surface area contributed by atoms with Gasteiger partial charge in [-0.25, -0.2) is 0 Å². The Bertz CT molecular complexity index is 522. The molecule has 1 rings (SSSR count). The highest BCUT2D eigenvalue weighted by atomic mass is 35.5. The first-order valence-corrected chi connectivity index (χ1v) is 14.1. The largest absolute Gasteiger partial charge is 0.320 e. The van der Waals surface area contributed by atoms with Crippen molar-refractivity contribution in [3.63, 3.8) is 0 Å². The smallest absolute Gasteiger partial charge is 0.106 e. The first kappa shape index (κ1) is 28.8. The highest BCUT2D eigenvalue weighted by Crippen LogP contribution is 2.27. The van der Waals surface area contributed by atoms with Crippen molar-refractivity contribution >= 4 is 23.2 Å². The third-order valence-electron chi connectivity index (χ3n) is 6.73. The van der Waals surface area contributed by atoms with Gasteiger partial charge in [0.1, 0.15) is 6.54 Å². The summed E-state index contributed by atoms with van der Waals surface area (Å²) in [7, 11) is 0. The third-order valence-corrected chi connectivity index (χ3v) is 7.32. The van der Waals surface area contributed by atoms with Gasteiger partial charge >= 0.3 is 0 Å². The molecule has 0 aliphatic heterocycles. The summed E-state index contributed by atoms with van der Waals surface area (Å²) in [6, 6.07) is 6.11. The zero-order valence-corrected chi connectivity index (χ0v) is 22.4. The molecule has 0 unspecified atom stereocenters. The lowest BCUT2D eigenvalue weighted by Gasteiger charge is -2.40. The van der Waals surface area contributed by atoms with Crippen LogP contribution in [0.3, 0.4) is 0 Å². The van der Waals surface area contributed by atoms with Crippen molar-refractivity contribution in [3.8, 4) is 0 Å². The SMILES string of the molecule is CCCCCCC[N+](CCCCCCC)(CCCCCCC)Cc1ccc(Cl)cc1Cl. The van der Waals surface area contributed by atoms with Gasteiger partial charge in [-0.1, -0.05) is 108 Å². The molecule has 0 fully saturated rings. The quantitative estimate of drug-likeness (QED) is 0.131. The number of benzene rings is 1. The van der Waals surface area contributed by atoms with Gasteiger partial charge < -0.3 is 4.48 Å². The van der Waals surface area contributed by atoms with Gasteiger partial charge in [0, 0.05) is 10.6 Å². The van der Waals surface area contributed by atoms with E-state index in [1.165, 1.54) is 126 Å². The molecule has 0 spiro atoms. The van der Waals surface area contributed by atoms with E-state index in [1.807, 2.05) is 12.1 Å². The van der Waals surface area contributed by atoms with Crippen LogP contribution in [-0.2, 0) is 6.54 Å². The maximum Gasteiger partial charge on any atom is 0.106 e. The molecular formula is C28H50Cl2N+. The van der Waals surface area contributed by atoms with E-state index in [0.29, 0.717) is 0 Å². The number of rotatable bonds is 20. The molecule has 0 aliphatic carbocycles. The summed E-state index contributed by atoms with van der Waals surface area (Å²) >= 11 is 12.8. The minimum Gasteiger partial charge on any atom is -0.320 e. The maximum atomic E-state index is 6.65. The average molecular weight is 472 g/mol. The molecule has 3 heteroatoms. The molecule has 0 atom stereocenters. The Morgan fingerprint density at radius 1 is 0.581 bits per heavy atom. The Balaban J connectivity index is 2.89. The van der Waals surface area contributed by atoms with Crippen molar-refractivity contribution in [1.29, 1.82) is 0 Å². The van der Waals surface area contributed by atoms with E-state index < -0.39 is 0 Å². The van der Waals surface area contributed by atoms with Gasteiger partial charge in [0.05, 0.1) is 24.7 Å². The van der Waals surface area contributed by atoms with Crippen LogP contribution in [0.15, 0.2) is 18.2 Å². The maximum absolute atomic E-state index is 6.65. The summed E-state index contributed by atoms with van der Waals surface area (Å²) in [5, 5.41) is 1.59. The molecule has 180 valence electrons. The highest BCUT2D eigenvalue weighted by molar-refractivity contribution is 6.35. The first-order valence-electron chi connectivity index (χ1n) is 13.4. The van der Waals surface area contributed by atoms with E-state index in [0.717, 1.165) is 16.6 Å². The van der Waals surface area contributed by atoms with Gasteiger partial charge in [-0.2, -0.15) is 0 Å². The fraction of sp³-hybridized carbons (Fsp3) is 0.786. The van der Waals surface area contributed by atoms with Gasteiger partial charge in [-0.3, -0.25) is 0 Å². The Morgan fingerprint density at radius 2 is 1.00 bits per heavy atom. The van der Waals surface area contributed by atoms with Crippen LogP contribution in [0, 0.1) is 0 Å². The molecule has 0 saturated heterocycles. The lowest BCUT2D eigenvalue weighted by atomic mass is 10.1. The second kappa shape index (κ2) is 18.2. The Kier molecular flexibility index (Phi) is 16.9. The number of halogens is 2. The van der Waals surface area contributed by atoms with E-state index in [1.54, 1.807) is 0 Å². The number of unbranched alkanes of at least 4 members (excludes halogenated alkanes) is 12. The molecule has 1 nitrogen and oxygen atoms in total. The molecule has 31 heavy (non-hydrogen) atoms. The van der Waals surface area contributed by atoms with Crippen LogP contribution in [0.5, 0.6) is 0 Å². The number of quaternary nitrogens is 1. The summed E-state index contributed by atoms with van der Waals surface area (Å²) in [4.78, 5) is 0. The zero-order valence-electron chi connectivity index (χ0n) is 20.9. The van der Waals surface area contributed by atoms with Crippen LogP contribution in [0.4, 0.5) is 0 Å². The zero-order chi connectivity index (χ0) is 22.8. The predicted molar refractivity (Wildman–Crippen MR) is 141 cm³/mol. The van der Waals surface area contributed by atoms with Crippen LogP contribution >= 0.6 is 23.2 Å². The molecule has 0 radical (unpaired) electrons. The Labute approximate surface area is 204 Å². The normalized spacial score (nSPS) is 11.9. The topological polar surface area (TPSA) is 0 Å². The molecule has 0 aromatic heterocycles. The van der Waals surface area contributed by atoms with Crippen molar-refractivity contribution in [2.24, 2.45) is 0 Å². The van der Waals surface area contributed by atoms with Gasteiger partial charge in [-0.15, -0.1) is 0 Å². The van der Waals surface area contributed by atoms with E-state index in [-0.39, 0.29) is 0 Å². The third kappa shape index (κ3) is 13.2. The summed E-state index contributed by atoms with van der Waals surface area (Å²) in [6.07, 6.45) is 20.3. The molecule has 0 amide bonds. The molecule has 1 aromatic carbocycles. The molecular weight excluding hydrogens is 421 g/mol. The predicted octanol–water partition coefficient (Wildman–Crippen LogP) is 10.2. The van der Waals surface area contributed by atoms with Gasteiger partial charge in [0.2, 0.25) is 0 Å². The van der Waals surface area contributed by atoms with Crippen LogP contribution < -0.4 is 0 Å². The second-order valence-corrected chi connectivity index (χ2v) is 10.5. The van der Waals surface area contributed by atoms with Crippen molar-refractivity contribution in [3.05, 3.63) is 33.8 Å². The van der Waals surface area contributed by atoms with Crippen molar-refractivity contribution in [1.82, 2.24) is 0 Å². The Morgan fingerprint density at radius 3 is 1.39 bits per heavy atom. The van der Waals surface area contributed by atoms with Gasteiger partial charge in [-0.05, 0) is 50.7 Å². The van der Waals surface area contributed by atoms with Crippen LogP contribution in [0.1, 0.15) is 123 Å². The highest BCUT2D eigenvalue weighted by Gasteiger charge is 2.27. The minimum atomic E-state index is 0.741. The number of hydrogen-bond donors (Lipinski definition) is 0. The van der Waals surface area contributed by atoms with Crippen molar-refractivity contribution < 1.29 is 4.48 Å². The van der Waals surface area contributed by atoms with E-state index >= 15 is 0 Å². The van der Waals surface area contributed by atoms with E-state index in [2.05, 4.69) is 26.8 Å². The lowest BCUT2D eigenvalue weighted by Crippen LogP contribution is -2.49. The van der Waals surface area contributed by atoms with E-state index in [9.17, 15) is 0 Å². The molecule has 0 bridgehead atoms. The van der Waals surface area contributed by atoms with E-state index in [4.69, 9.17) is 23.2 Å². The standard InChI is InChI=1S/C28H50Cl2N/c1-4-7-10-13-16-21-31(22-17-14-11-8-5-2,23-18-15-12-9-6-3)25-26-19-20-27(29)24-28(26)30/h19-20,24H,4-18,21-23,25H2,1-3H3/q+1. The van der Waals surface area contributed by atoms with Gasteiger partial charge in [0.25, 0.3) is 0 Å².